The third-order valence-electron chi connectivity index (χ3n) is 3.45. The molecule has 0 aliphatic rings. The fraction of sp³-hybridized carbons (Fsp3) is 0.235. The molecule has 2 rings (SSSR count). The maximum Gasteiger partial charge on any atom is 0.167 e. The van der Waals surface area contributed by atoms with E-state index in [4.69, 9.17) is 4.74 Å². The molecule has 0 aliphatic heterocycles. The molecule has 0 fully saturated rings. The van der Waals surface area contributed by atoms with Crippen LogP contribution in [0.4, 0.5) is 4.39 Å². The first kappa shape index (κ1) is 14.3. The first-order valence-electron chi connectivity index (χ1n) is 6.44. The summed E-state index contributed by atoms with van der Waals surface area (Å²) in [6, 6.07) is 10.1. The van der Waals surface area contributed by atoms with Crippen LogP contribution in [0.3, 0.4) is 0 Å². The average Bonchev–Trinajstić information content (AvgIpc) is 2.43. The van der Waals surface area contributed by atoms with Crippen LogP contribution >= 0.6 is 0 Å². The quantitative estimate of drug-likeness (QED) is 0.790. The monoisotopic (exact) mass is 272 g/mol. The molecule has 0 unspecified atom stereocenters. The number of hydrogen-bond acceptors (Lipinski definition) is 2. The number of hydrogen-bond donors (Lipinski definition) is 0. The maximum atomic E-state index is 13.4. The van der Waals surface area contributed by atoms with Crippen molar-refractivity contribution in [1.29, 1.82) is 0 Å². The molecular formula is C17H17FO2. The SMILES string of the molecule is COc1cc(C(=O)Cc2c(C)cccc2C)ccc1F. The normalized spacial score (nSPS) is 10.4. The first-order chi connectivity index (χ1) is 9.52. The number of rotatable bonds is 4. The van der Waals surface area contributed by atoms with Crippen LogP contribution in [0.5, 0.6) is 5.75 Å². The Morgan fingerprint density at radius 1 is 1.15 bits per heavy atom. The van der Waals surface area contributed by atoms with Crippen LogP contribution in [-0.2, 0) is 6.42 Å². The summed E-state index contributed by atoms with van der Waals surface area (Å²) in [5.41, 5.74) is 3.67. The standard InChI is InChI=1S/C17H17FO2/c1-11-5-4-6-12(2)14(11)10-16(19)13-7-8-15(18)17(9-13)20-3/h4-9H,10H2,1-3H3. The van der Waals surface area contributed by atoms with E-state index in [0.29, 0.717) is 12.0 Å². The highest BCUT2D eigenvalue weighted by Crippen LogP contribution is 2.21. The van der Waals surface area contributed by atoms with Crippen molar-refractivity contribution in [2.45, 2.75) is 20.3 Å². The molecule has 104 valence electrons. The Morgan fingerprint density at radius 2 is 1.80 bits per heavy atom. The van der Waals surface area contributed by atoms with E-state index < -0.39 is 5.82 Å². The molecule has 0 aliphatic carbocycles. The second-order valence-electron chi connectivity index (χ2n) is 4.82. The van der Waals surface area contributed by atoms with Gasteiger partial charge in [0.05, 0.1) is 7.11 Å². The lowest BCUT2D eigenvalue weighted by Gasteiger charge is -2.10. The smallest absolute Gasteiger partial charge is 0.167 e. The Morgan fingerprint density at radius 3 is 2.40 bits per heavy atom. The predicted molar refractivity (Wildman–Crippen MR) is 76.9 cm³/mol. The minimum Gasteiger partial charge on any atom is -0.494 e. The van der Waals surface area contributed by atoms with Crippen molar-refractivity contribution in [2.75, 3.05) is 7.11 Å². The minimum atomic E-state index is -0.462. The Balaban J connectivity index is 2.29. The Kier molecular flexibility index (Phi) is 4.18. The van der Waals surface area contributed by atoms with Crippen molar-refractivity contribution in [3.63, 3.8) is 0 Å². The highest BCUT2D eigenvalue weighted by atomic mass is 19.1. The van der Waals surface area contributed by atoms with Gasteiger partial charge in [-0.25, -0.2) is 4.39 Å². The summed E-state index contributed by atoms with van der Waals surface area (Å²) in [6.45, 7) is 3.97. The number of ether oxygens (including phenoxy) is 1. The van der Waals surface area contributed by atoms with Gasteiger partial charge in [-0.15, -0.1) is 0 Å². The van der Waals surface area contributed by atoms with Crippen molar-refractivity contribution in [3.8, 4) is 5.75 Å². The van der Waals surface area contributed by atoms with Crippen molar-refractivity contribution in [3.05, 3.63) is 64.5 Å². The lowest BCUT2D eigenvalue weighted by molar-refractivity contribution is 0.0992. The van der Waals surface area contributed by atoms with Gasteiger partial charge in [0.2, 0.25) is 0 Å². The van der Waals surface area contributed by atoms with Crippen molar-refractivity contribution in [2.24, 2.45) is 0 Å². The largest absolute Gasteiger partial charge is 0.494 e. The molecule has 2 aromatic rings. The molecule has 2 aromatic carbocycles. The molecule has 0 heterocycles. The van der Waals surface area contributed by atoms with Crippen LogP contribution in [0.15, 0.2) is 36.4 Å². The number of carbonyl (C=O) groups excluding carboxylic acids is 1. The molecular weight excluding hydrogens is 255 g/mol. The number of Topliss-reactive ketones (excluding diaryl/α,β-unsaturated/α-hetero) is 1. The maximum absolute atomic E-state index is 13.4. The summed E-state index contributed by atoms with van der Waals surface area (Å²) >= 11 is 0. The van der Waals surface area contributed by atoms with E-state index in [1.165, 1.54) is 25.3 Å². The van der Waals surface area contributed by atoms with E-state index >= 15 is 0 Å². The van der Waals surface area contributed by atoms with E-state index in [9.17, 15) is 9.18 Å². The summed E-state index contributed by atoms with van der Waals surface area (Å²) in [4.78, 5) is 12.3. The molecule has 0 bridgehead atoms. The van der Waals surface area contributed by atoms with Gasteiger partial charge in [0.25, 0.3) is 0 Å². The predicted octanol–water partition coefficient (Wildman–Crippen LogP) is 3.88. The average molecular weight is 272 g/mol. The molecule has 0 saturated heterocycles. The topological polar surface area (TPSA) is 26.3 Å². The van der Waals surface area contributed by atoms with E-state index in [-0.39, 0.29) is 11.5 Å². The molecule has 0 radical (unpaired) electrons. The molecule has 0 saturated carbocycles. The van der Waals surface area contributed by atoms with Gasteiger partial charge in [0.1, 0.15) is 0 Å². The van der Waals surface area contributed by atoms with Gasteiger partial charge >= 0.3 is 0 Å². The summed E-state index contributed by atoms with van der Waals surface area (Å²) in [5, 5.41) is 0. The number of benzene rings is 2. The highest BCUT2D eigenvalue weighted by molar-refractivity contribution is 5.98. The van der Waals surface area contributed by atoms with Gasteiger partial charge in [-0.05, 0) is 48.7 Å². The number of carbonyl (C=O) groups is 1. The fourth-order valence-corrected chi connectivity index (χ4v) is 2.22. The van der Waals surface area contributed by atoms with E-state index in [1.54, 1.807) is 0 Å². The first-order valence-corrected chi connectivity index (χ1v) is 6.44. The molecule has 20 heavy (non-hydrogen) atoms. The lowest BCUT2D eigenvalue weighted by Crippen LogP contribution is -2.07. The highest BCUT2D eigenvalue weighted by Gasteiger charge is 2.13. The Labute approximate surface area is 118 Å². The zero-order valence-electron chi connectivity index (χ0n) is 11.9. The Hall–Kier alpha value is -2.16. The second kappa shape index (κ2) is 5.87. The van der Waals surface area contributed by atoms with Crippen LogP contribution in [-0.4, -0.2) is 12.9 Å². The summed E-state index contributed by atoms with van der Waals surface area (Å²) < 4.78 is 18.3. The molecule has 0 spiro atoms. The number of aryl methyl sites for hydroxylation is 2. The summed E-state index contributed by atoms with van der Waals surface area (Å²) in [5.74, 6) is -0.408. The van der Waals surface area contributed by atoms with Gasteiger partial charge in [-0.1, -0.05) is 18.2 Å². The molecule has 2 nitrogen and oxygen atoms in total. The van der Waals surface area contributed by atoms with E-state index in [1.807, 2.05) is 32.0 Å². The lowest BCUT2D eigenvalue weighted by atomic mass is 9.95. The summed E-state index contributed by atoms with van der Waals surface area (Å²) in [7, 11) is 1.39. The number of methoxy groups -OCH3 is 1. The summed E-state index contributed by atoms with van der Waals surface area (Å²) in [6.07, 6.45) is 0.313. The third-order valence-corrected chi connectivity index (χ3v) is 3.45. The molecule has 0 N–H and O–H groups in total. The van der Waals surface area contributed by atoms with Gasteiger partial charge < -0.3 is 4.74 Å². The zero-order chi connectivity index (χ0) is 14.7. The molecule has 3 heteroatoms. The van der Waals surface area contributed by atoms with Crippen LogP contribution in [0.2, 0.25) is 0 Å². The molecule has 0 aromatic heterocycles. The van der Waals surface area contributed by atoms with E-state index in [0.717, 1.165) is 16.7 Å². The van der Waals surface area contributed by atoms with E-state index in [2.05, 4.69) is 0 Å². The van der Waals surface area contributed by atoms with Crippen molar-refractivity contribution >= 4 is 5.78 Å². The third kappa shape index (κ3) is 2.87. The van der Waals surface area contributed by atoms with Crippen LogP contribution in [0.25, 0.3) is 0 Å². The molecule has 0 amide bonds. The Bertz CT molecular complexity index is 627. The number of ketones is 1. The number of halogens is 1. The van der Waals surface area contributed by atoms with Gasteiger partial charge in [-0.3, -0.25) is 4.79 Å². The van der Waals surface area contributed by atoms with Crippen molar-refractivity contribution < 1.29 is 13.9 Å². The van der Waals surface area contributed by atoms with Crippen molar-refractivity contribution in [1.82, 2.24) is 0 Å². The van der Waals surface area contributed by atoms with Crippen LogP contribution < -0.4 is 4.74 Å². The van der Waals surface area contributed by atoms with Crippen LogP contribution in [0.1, 0.15) is 27.0 Å². The molecule has 0 atom stereocenters. The van der Waals surface area contributed by atoms with Gasteiger partial charge in [-0.2, -0.15) is 0 Å². The second-order valence-corrected chi connectivity index (χ2v) is 4.82. The van der Waals surface area contributed by atoms with Crippen LogP contribution in [0, 0.1) is 19.7 Å². The van der Waals surface area contributed by atoms with Gasteiger partial charge in [0, 0.05) is 12.0 Å². The fourth-order valence-electron chi connectivity index (χ4n) is 2.22. The zero-order valence-corrected chi connectivity index (χ0v) is 11.9. The van der Waals surface area contributed by atoms with Gasteiger partial charge in [0.15, 0.2) is 17.3 Å². The minimum absolute atomic E-state index is 0.0410.